The van der Waals surface area contributed by atoms with Crippen molar-refractivity contribution in [2.45, 2.75) is 18.9 Å². The van der Waals surface area contributed by atoms with Gasteiger partial charge in [0.15, 0.2) is 0 Å². The highest BCUT2D eigenvalue weighted by atomic mass is 19.1. The molecule has 1 fully saturated rings. The van der Waals surface area contributed by atoms with E-state index in [4.69, 9.17) is 5.73 Å². The number of aryl methyl sites for hydroxylation is 1. The number of anilines is 2. The maximum Gasteiger partial charge on any atom is 0.268 e. The number of carbonyl (C=O) groups is 2. The molecule has 1 saturated heterocycles. The highest BCUT2D eigenvalue weighted by Crippen LogP contribution is 2.33. The summed E-state index contributed by atoms with van der Waals surface area (Å²) >= 11 is 0. The summed E-state index contributed by atoms with van der Waals surface area (Å²) < 4.78 is 32.5. The van der Waals surface area contributed by atoms with E-state index in [9.17, 15) is 18.8 Å². The molecule has 0 spiro atoms. The van der Waals surface area contributed by atoms with E-state index in [1.165, 1.54) is 49.1 Å². The standard InChI is InChI=1S/C34H32F2N8O3/c1-38-34(47)30-29(19-3-5-22(35)6-4-19)31(45)27(18-43(30)2)33(46)42-23-7-8-25(28(36)14-23)26-13-20(15-40-32(26)37)21-16-41-44(17-21)24-9-11-39-12-10-24/h3-8,13-18,24,39H,9-12H2,1-2H3,(H2,37,40)(H,38,47)(H,42,46). The topological polar surface area (TPSA) is 149 Å². The second kappa shape index (κ2) is 13.0. The van der Waals surface area contributed by atoms with Crippen molar-refractivity contribution in [1.29, 1.82) is 0 Å². The van der Waals surface area contributed by atoms with Crippen molar-refractivity contribution in [3.05, 3.63) is 106 Å². The molecule has 47 heavy (non-hydrogen) atoms. The molecule has 0 saturated carbocycles. The van der Waals surface area contributed by atoms with Gasteiger partial charge in [0.05, 0.1) is 17.8 Å². The first-order valence-electron chi connectivity index (χ1n) is 15.0. The highest BCUT2D eigenvalue weighted by Gasteiger charge is 2.24. The van der Waals surface area contributed by atoms with E-state index in [0.29, 0.717) is 11.6 Å². The number of amides is 2. The molecule has 0 radical (unpaired) electrons. The third kappa shape index (κ3) is 6.25. The number of benzene rings is 2. The van der Waals surface area contributed by atoms with Crippen molar-refractivity contribution < 1.29 is 18.4 Å². The van der Waals surface area contributed by atoms with Gasteiger partial charge in [-0.05, 0) is 67.9 Å². The first kappa shape index (κ1) is 31.3. The molecule has 0 bridgehead atoms. The van der Waals surface area contributed by atoms with Crippen molar-refractivity contribution in [1.82, 2.24) is 30.0 Å². The number of rotatable bonds is 7. The fourth-order valence-electron chi connectivity index (χ4n) is 5.79. The number of nitrogens with two attached hydrogens (primary N) is 1. The van der Waals surface area contributed by atoms with E-state index < -0.39 is 28.9 Å². The monoisotopic (exact) mass is 638 g/mol. The summed E-state index contributed by atoms with van der Waals surface area (Å²) in [6, 6.07) is 11.1. The van der Waals surface area contributed by atoms with Gasteiger partial charge in [0, 0.05) is 60.6 Å². The average molecular weight is 639 g/mol. The zero-order valence-corrected chi connectivity index (χ0v) is 25.7. The lowest BCUT2D eigenvalue weighted by Gasteiger charge is -2.22. The number of nitrogens with zero attached hydrogens (tertiary/aromatic N) is 4. The molecular weight excluding hydrogens is 606 g/mol. The van der Waals surface area contributed by atoms with Crippen molar-refractivity contribution >= 4 is 23.3 Å². The largest absolute Gasteiger partial charge is 0.383 e. The van der Waals surface area contributed by atoms with Gasteiger partial charge in [-0.1, -0.05) is 12.1 Å². The molecule has 13 heteroatoms. The van der Waals surface area contributed by atoms with Crippen LogP contribution in [0.15, 0.2) is 78.1 Å². The Labute approximate surface area is 268 Å². The first-order chi connectivity index (χ1) is 22.6. The second-order valence-electron chi connectivity index (χ2n) is 11.3. The van der Waals surface area contributed by atoms with Gasteiger partial charge in [-0.15, -0.1) is 0 Å². The minimum Gasteiger partial charge on any atom is -0.383 e. The van der Waals surface area contributed by atoms with Crippen LogP contribution in [0, 0.1) is 11.6 Å². The molecule has 0 aliphatic carbocycles. The Kier molecular flexibility index (Phi) is 8.63. The number of hydrogen-bond acceptors (Lipinski definition) is 7. The number of pyridine rings is 2. The second-order valence-corrected chi connectivity index (χ2v) is 11.3. The van der Waals surface area contributed by atoms with Crippen LogP contribution in [0.5, 0.6) is 0 Å². The molecule has 2 amide bonds. The molecule has 3 aromatic heterocycles. The Bertz CT molecular complexity index is 2050. The smallest absolute Gasteiger partial charge is 0.268 e. The van der Waals surface area contributed by atoms with Crippen LogP contribution in [-0.4, -0.2) is 51.3 Å². The van der Waals surface area contributed by atoms with Crippen molar-refractivity contribution in [3.63, 3.8) is 0 Å². The fourth-order valence-corrected chi connectivity index (χ4v) is 5.79. The van der Waals surface area contributed by atoms with E-state index in [-0.39, 0.29) is 39.5 Å². The maximum atomic E-state index is 15.6. The van der Waals surface area contributed by atoms with Gasteiger partial charge in [0.2, 0.25) is 5.43 Å². The first-order valence-corrected chi connectivity index (χ1v) is 15.0. The van der Waals surface area contributed by atoms with Gasteiger partial charge in [-0.3, -0.25) is 19.1 Å². The van der Waals surface area contributed by atoms with Crippen LogP contribution < -0.4 is 27.1 Å². The number of piperidine rings is 1. The summed E-state index contributed by atoms with van der Waals surface area (Å²) in [7, 11) is 2.91. The van der Waals surface area contributed by atoms with Crippen molar-refractivity contribution in [3.8, 4) is 33.4 Å². The zero-order valence-electron chi connectivity index (χ0n) is 25.7. The average Bonchev–Trinajstić information content (AvgIpc) is 3.57. The highest BCUT2D eigenvalue weighted by molar-refractivity contribution is 6.07. The van der Waals surface area contributed by atoms with E-state index in [1.807, 2.05) is 10.9 Å². The lowest BCUT2D eigenvalue weighted by molar-refractivity contribution is 0.0952. The summed E-state index contributed by atoms with van der Waals surface area (Å²) in [6.45, 7) is 1.86. The quantitative estimate of drug-likeness (QED) is 0.207. The zero-order chi connectivity index (χ0) is 33.2. The number of carbonyl (C=O) groups excluding carboxylic acids is 2. The van der Waals surface area contributed by atoms with Crippen LogP contribution in [0.4, 0.5) is 20.3 Å². The molecular formula is C34H32F2N8O3. The Hall–Kier alpha value is -5.69. The Balaban J connectivity index is 1.28. The normalized spacial score (nSPS) is 13.4. The minimum absolute atomic E-state index is 0.0110. The third-order valence-electron chi connectivity index (χ3n) is 8.26. The molecule has 6 rings (SSSR count). The number of nitrogen functional groups attached to an aromatic ring is 1. The van der Waals surface area contributed by atoms with Crippen LogP contribution in [0.25, 0.3) is 33.4 Å². The minimum atomic E-state index is -0.821. The number of nitrogens with one attached hydrogen (secondary N) is 3. The maximum absolute atomic E-state index is 15.6. The van der Waals surface area contributed by atoms with E-state index >= 15 is 4.39 Å². The summed E-state index contributed by atoms with van der Waals surface area (Å²) in [4.78, 5) is 44.0. The Morgan fingerprint density at radius 3 is 2.38 bits per heavy atom. The van der Waals surface area contributed by atoms with Crippen LogP contribution in [0.3, 0.4) is 0 Å². The Morgan fingerprint density at radius 1 is 0.936 bits per heavy atom. The number of hydrogen-bond donors (Lipinski definition) is 4. The molecule has 2 aromatic carbocycles. The van der Waals surface area contributed by atoms with Gasteiger partial charge >= 0.3 is 0 Å². The van der Waals surface area contributed by atoms with Gasteiger partial charge in [-0.25, -0.2) is 13.8 Å². The lowest BCUT2D eigenvalue weighted by atomic mass is 9.99. The van der Waals surface area contributed by atoms with Gasteiger partial charge in [-0.2, -0.15) is 5.10 Å². The SMILES string of the molecule is CNC(=O)c1c(-c2ccc(F)cc2)c(=O)c(C(=O)Nc2ccc(-c3cc(-c4cnn(C5CCNCC5)c4)cnc3N)c(F)c2)cn1C. The third-order valence-corrected chi connectivity index (χ3v) is 8.26. The lowest BCUT2D eigenvalue weighted by Crippen LogP contribution is -2.31. The summed E-state index contributed by atoms with van der Waals surface area (Å²) in [6.07, 6.45) is 8.50. The van der Waals surface area contributed by atoms with E-state index in [2.05, 4.69) is 26.0 Å². The van der Waals surface area contributed by atoms with Crippen LogP contribution in [0.2, 0.25) is 0 Å². The fraction of sp³-hybridized carbons (Fsp3) is 0.206. The van der Waals surface area contributed by atoms with Crippen LogP contribution in [-0.2, 0) is 7.05 Å². The van der Waals surface area contributed by atoms with Crippen LogP contribution in [0.1, 0.15) is 39.7 Å². The molecule has 0 atom stereocenters. The molecule has 240 valence electrons. The van der Waals surface area contributed by atoms with E-state index in [0.717, 1.165) is 55.3 Å². The predicted octanol–water partition coefficient (Wildman–Crippen LogP) is 4.37. The summed E-state index contributed by atoms with van der Waals surface area (Å²) in [5.74, 6) is -2.46. The molecule has 1 aliphatic heterocycles. The van der Waals surface area contributed by atoms with Crippen molar-refractivity contribution in [2.75, 3.05) is 31.2 Å². The van der Waals surface area contributed by atoms with Gasteiger partial charge in [0.1, 0.15) is 28.7 Å². The molecule has 5 N–H and O–H groups in total. The summed E-state index contributed by atoms with van der Waals surface area (Å²) in [5, 5.41) is 12.9. The predicted molar refractivity (Wildman–Crippen MR) is 175 cm³/mol. The molecule has 5 aromatic rings. The van der Waals surface area contributed by atoms with Crippen LogP contribution >= 0.6 is 0 Å². The molecule has 11 nitrogen and oxygen atoms in total. The van der Waals surface area contributed by atoms with Gasteiger partial charge in [0.25, 0.3) is 11.8 Å². The van der Waals surface area contributed by atoms with Crippen molar-refractivity contribution in [2.24, 2.45) is 7.05 Å². The van der Waals surface area contributed by atoms with Gasteiger partial charge < -0.3 is 26.3 Å². The molecule has 1 aliphatic rings. The molecule has 0 unspecified atom stereocenters. The summed E-state index contributed by atoms with van der Waals surface area (Å²) in [5.41, 5.74) is 7.46. The number of halogens is 2. The van der Waals surface area contributed by atoms with E-state index in [1.54, 1.807) is 18.5 Å². The molecule has 4 heterocycles. The number of aromatic nitrogens is 4. The Morgan fingerprint density at radius 2 is 1.68 bits per heavy atom.